The zero-order valence-corrected chi connectivity index (χ0v) is 14.1. The molecular weight excluding hydrogens is 360 g/mol. The van der Waals surface area contributed by atoms with E-state index in [4.69, 9.17) is 0 Å². The van der Waals surface area contributed by atoms with E-state index in [2.05, 4.69) is 26.0 Å². The van der Waals surface area contributed by atoms with E-state index in [1.54, 1.807) is 19.2 Å². The maximum atomic E-state index is 12.4. The van der Waals surface area contributed by atoms with E-state index in [1.165, 1.54) is 11.3 Å². The van der Waals surface area contributed by atoms with Crippen molar-refractivity contribution in [3.8, 4) is 0 Å². The van der Waals surface area contributed by atoms with Crippen LogP contribution in [-0.2, 0) is 23.1 Å². The number of sulfonamides is 1. The molecule has 1 aromatic heterocycles. The van der Waals surface area contributed by atoms with E-state index in [0.29, 0.717) is 18.0 Å². The summed E-state index contributed by atoms with van der Waals surface area (Å²) < 4.78 is 28.3. The number of thiophene rings is 1. The molecule has 2 N–H and O–H groups in total. The van der Waals surface area contributed by atoms with Crippen LogP contribution in [0, 0.1) is 0 Å². The molecule has 0 fully saturated rings. The first-order valence-corrected chi connectivity index (χ1v) is 9.13. The van der Waals surface area contributed by atoms with Crippen LogP contribution < -0.4 is 10.0 Å². The van der Waals surface area contributed by atoms with Gasteiger partial charge in [-0.15, -0.1) is 11.3 Å². The lowest BCUT2D eigenvalue weighted by molar-refractivity contribution is 0.580. The zero-order valence-electron chi connectivity index (χ0n) is 10.9. The van der Waals surface area contributed by atoms with Crippen molar-refractivity contribution >= 4 is 37.3 Å². The van der Waals surface area contributed by atoms with Gasteiger partial charge >= 0.3 is 0 Å². The Hall–Kier alpha value is -0.730. The summed E-state index contributed by atoms with van der Waals surface area (Å²) in [6.07, 6.45) is 0. The van der Waals surface area contributed by atoms with Crippen molar-refractivity contribution in [3.05, 3.63) is 50.6 Å². The molecule has 0 radical (unpaired) electrons. The minimum atomic E-state index is -3.50. The van der Waals surface area contributed by atoms with Crippen molar-refractivity contribution in [1.29, 1.82) is 0 Å². The Balaban J connectivity index is 2.18. The van der Waals surface area contributed by atoms with E-state index >= 15 is 0 Å². The van der Waals surface area contributed by atoms with Crippen LogP contribution in [0.4, 0.5) is 0 Å². The summed E-state index contributed by atoms with van der Waals surface area (Å²) in [4.78, 5) is 1.29. The lowest BCUT2D eigenvalue weighted by Gasteiger charge is -2.10. The fraction of sp³-hybridized carbons (Fsp3) is 0.231. The number of rotatable bonds is 6. The average Bonchev–Trinajstić information content (AvgIpc) is 2.83. The number of hydrogen-bond donors (Lipinski definition) is 2. The van der Waals surface area contributed by atoms with E-state index < -0.39 is 10.0 Å². The summed E-state index contributed by atoms with van der Waals surface area (Å²) in [6, 6.07) is 8.91. The molecule has 1 heterocycles. The second-order valence-electron chi connectivity index (χ2n) is 4.19. The Morgan fingerprint density at radius 3 is 2.65 bits per heavy atom. The highest BCUT2D eigenvalue weighted by atomic mass is 79.9. The Morgan fingerprint density at radius 1 is 1.25 bits per heavy atom. The van der Waals surface area contributed by atoms with Gasteiger partial charge in [0.1, 0.15) is 0 Å². The quantitative estimate of drug-likeness (QED) is 0.816. The molecule has 108 valence electrons. The van der Waals surface area contributed by atoms with Crippen molar-refractivity contribution in [2.24, 2.45) is 0 Å². The van der Waals surface area contributed by atoms with Gasteiger partial charge in [-0.2, -0.15) is 0 Å². The second-order valence-corrected chi connectivity index (χ2v) is 7.84. The largest absolute Gasteiger partial charge is 0.316 e. The molecule has 0 saturated heterocycles. The molecule has 0 aliphatic carbocycles. The van der Waals surface area contributed by atoms with E-state index in [1.807, 2.05) is 23.6 Å². The SMILES string of the molecule is CNCc1ccccc1S(=O)(=O)NCc1cc(Br)cs1. The van der Waals surface area contributed by atoms with E-state index in [-0.39, 0.29) is 0 Å². The van der Waals surface area contributed by atoms with Gasteiger partial charge in [0.25, 0.3) is 0 Å². The molecule has 1 aromatic carbocycles. The Kier molecular flexibility index (Phi) is 5.34. The van der Waals surface area contributed by atoms with Crippen LogP contribution in [0.15, 0.2) is 45.1 Å². The third kappa shape index (κ3) is 3.89. The molecule has 0 amide bonds. The molecule has 0 aliphatic heterocycles. The van der Waals surface area contributed by atoms with Gasteiger partial charge in [0.2, 0.25) is 10.0 Å². The summed E-state index contributed by atoms with van der Waals surface area (Å²) >= 11 is 4.87. The highest BCUT2D eigenvalue weighted by Gasteiger charge is 2.17. The summed E-state index contributed by atoms with van der Waals surface area (Å²) in [7, 11) is -1.71. The maximum absolute atomic E-state index is 12.4. The maximum Gasteiger partial charge on any atom is 0.241 e. The lowest BCUT2D eigenvalue weighted by atomic mass is 10.2. The van der Waals surface area contributed by atoms with Crippen LogP contribution in [-0.4, -0.2) is 15.5 Å². The van der Waals surface area contributed by atoms with Gasteiger partial charge in [0.05, 0.1) is 4.90 Å². The number of benzene rings is 1. The predicted molar refractivity (Wildman–Crippen MR) is 85.3 cm³/mol. The highest BCUT2D eigenvalue weighted by molar-refractivity contribution is 9.10. The predicted octanol–water partition coefficient (Wildman–Crippen LogP) is 2.71. The molecule has 0 saturated carbocycles. The molecule has 0 atom stereocenters. The molecule has 0 aliphatic rings. The van der Waals surface area contributed by atoms with Crippen LogP contribution in [0.2, 0.25) is 0 Å². The van der Waals surface area contributed by atoms with Crippen LogP contribution >= 0.6 is 27.3 Å². The first kappa shape index (κ1) is 15.7. The standard InChI is InChI=1S/C13H15BrN2O2S2/c1-15-7-10-4-2-3-5-13(10)20(17,18)16-8-12-6-11(14)9-19-12/h2-6,9,15-16H,7-8H2,1H3. The van der Waals surface area contributed by atoms with E-state index in [0.717, 1.165) is 14.9 Å². The van der Waals surface area contributed by atoms with Gasteiger partial charge in [-0.05, 0) is 40.7 Å². The van der Waals surface area contributed by atoms with Crippen molar-refractivity contribution in [2.45, 2.75) is 18.0 Å². The Morgan fingerprint density at radius 2 is 2.00 bits per heavy atom. The monoisotopic (exact) mass is 374 g/mol. The fourth-order valence-electron chi connectivity index (χ4n) is 1.79. The minimum Gasteiger partial charge on any atom is -0.316 e. The third-order valence-corrected chi connectivity index (χ3v) is 5.89. The smallest absolute Gasteiger partial charge is 0.241 e. The van der Waals surface area contributed by atoms with Crippen molar-refractivity contribution in [3.63, 3.8) is 0 Å². The first-order chi connectivity index (χ1) is 9.53. The number of hydrogen-bond acceptors (Lipinski definition) is 4. The Labute approximate surface area is 131 Å². The lowest BCUT2D eigenvalue weighted by Crippen LogP contribution is -2.24. The van der Waals surface area contributed by atoms with E-state index in [9.17, 15) is 8.42 Å². The number of nitrogens with one attached hydrogen (secondary N) is 2. The van der Waals surface area contributed by atoms with Gasteiger partial charge in [0, 0.05) is 27.8 Å². The molecule has 2 aromatic rings. The van der Waals surface area contributed by atoms with Crippen LogP contribution in [0.5, 0.6) is 0 Å². The van der Waals surface area contributed by atoms with Crippen LogP contribution in [0.3, 0.4) is 0 Å². The Bertz CT molecular complexity index is 683. The summed E-state index contributed by atoms with van der Waals surface area (Å²) in [5.41, 5.74) is 0.759. The molecular formula is C13H15BrN2O2S2. The minimum absolute atomic E-state index is 0.298. The van der Waals surface area contributed by atoms with Gasteiger partial charge in [-0.25, -0.2) is 13.1 Å². The summed E-state index contributed by atoms with van der Waals surface area (Å²) in [5.74, 6) is 0. The first-order valence-electron chi connectivity index (χ1n) is 5.98. The summed E-state index contributed by atoms with van der Waals surface area (Å²) in [6.45, 7) is 0.814. The summed E-state index contributed by atoms with van der Waals surface area (Å²) in [5, 5.41) is 4.91. The fourth-order valence-corrected chi connectivity index (χ4v) is 4.52. The van der Waals surface area contributed by atoms with Gasteiger partial charge in [-0.1, -0.05) is 18.2 Å². The molecule has 0 unspecified atom stereocenters. The van der Waals surface area contributed by atoms with Crippen LogP contribution in [0.25, 0.3) is 0 Å². The third-order valence-electron chi connectivity index (χ3n) is 2.69. The van der Waals surface area contributed by atoms with Crippen molar-refractivity contribution in [2.75, 3.05) is 7.05 Å². The molecule has 0 spiro atoms. The average molecular weight is 375 g/mol. The van der Waals surface area contributed by atoms with Gasteiger partial charge < -0.3 is 5.32 Å². The zero-order chi connectivity index (χ0) is 14.6. The van der Waals surface area contributed by atoms with Crippen molar-refractivity contribution in [1.82, 2.24) is 10.0 Å². The molecule has 4 nitrogen and oxygen atoms in total. The number of halogens is 1. The van der Waals surface area contributed by atoms with Gasteiger partial charge in [0.15, 0.2) is 0 Å². The molecule has 7 heteroatoms. The van der Waals surface area contributed by atoms with Crippen molar-refractivity contribution < 1.29 is 8.42 Å². The second kappa shape index (κ2) is 6.82. The molecule has 0 bridgehead atoms. The molecule has 20 heavy (non-hydrogen) atoms. The van der Waals surface area contributed by atoms with Crippen LogP contribution in [0.1, 0.15) is 10.4 Å². The van der Waals surface area contributed by atoms with Gasteiger partial charge in [-0.3, -0.25) is 0 Å². The molecule has 2 rings (SSSR count). The normalized spacial score (nSPS) is 11.7. The topological polar surface area (TPSA) is 58.2 Å². The highest BCUT2D eigenvalue weighted by Crippen LogP contribution is 2.21.